The summed E-state index contributed by atoms with van der Waals surface area (Å²) in [5.74, 6) is 1.81. The van der Waals surface area contributed by atoms with Gasteiger partial charge in [0, 0.05) is 18.2 Å². The number of benzene rings is 3. The summed E-state index contributed by atoms with van der Waals surface area (Å²) in [5.41, 5.74) is 2.73. The molecule has 1 amide bonds. The number of rotatable bonds is 6. The molecule has 33 heavy (non-hydrogen) atoms. The third-order valence-corrected chi connectivity index (χ3v) is 6.35. The second kappa shape index (κ2) is 9.42. The van der Waals surface area contributed by atoms with Crippen LogP contribution in [0.2, 0.25) is 0 Å². The molecule has 1 saturated heterocycles. The Kier molecular flexibility index (Phi) is 6.04. The third kappa shape index (κ3) is 4.59. The van der Waals surface area contributed by atoms with Crippen LogP contribution in [0.1, 0.15) is 11.1 Å². The van der Waals surface area contributed by atoms with Crippen molar-refractivity contribution in [2.75, 3.05) is 20.4 Å². The van der Waals surface area contributed by atoms with Gasteiger partial charge in [0.05, 0.1) is 17.7 Å². The molecule has 166 valence electrons. The van der Waals surface area contributed by atoms with Crippen LogP contribution < -0.4 is 14.2 Å². The van der Waals surface area contributed by atoms with Gasteiger partial charge in [0.15, 0.2) is 16.7 Å². The van der Waals surface area contributed by atoms with Crippen LogP contribution in [0.5, 0.6) is 17.2 Å². The minimum atomic E-state index is -0.0784. The summed E-state index contributed by atoms with van der Waals surface area (Å²) in [4.78, 5) is 20.5. The zero-order chi connectivity index (χ0) is 22.6. The van der Waals surface area contributed by atoms with Crippen LogP contribution in [-0.4, -0.2) is 36.4 Å². The molecule has 0 unspecified atom stereocenters. The zero-order valence-corrected chi connectivity index (χ0v) is 18.9. The van der Waals surface area contributed by atoms with Crippen molar-refractivity contribution < 1.29 is 19.0 Å². The number of methoxy groups -OCH3 is 1. The number of nitrogens with zero attached hydrogens (tertiary/aromatic N) is 2. The smallest absolute Gasteiger partial charge is 0.266 e. The predicted octanol–water partition coefficient (Wildman–Crippen LogP) is 5.27. The van der Waals surface area contributed by atoms with Gasteiger partial charge in [0.1, 0.15) is 5.75 Å². The molecule has 0 radical (unpaired) electrons. The maximum absolute atomic E-state index is 13.4. The van der Waals surface area contributed by atoms with Crippen molar-refractivity contribution in [2.45, 2.75) is 6.42 Å². The molecule has 6 nitrogen and oxygen atoms in total. The number of aliphatic imine (C=N–C) groups is 1. The molecule has 0 saturated carbocycles. The van der Waals surface area contributed by atoms with Gasteiger partial charge in [-0.05, 0) is 48.0 Å². The van der Waals surface area contributed by atoms with Crippen LogP contribution in [0.3, 0.4) is 0 Å². The van der Waals surface area contributed by atoms with E-state index in [1.807, 2.05) is 60.7 Å². The first-order valence-electron chi connectivity index (χ1n) is 10.6. The normalized spacial score (nSPS) is 17.2. The molecule has 1 fully saturated rings. The quantitative estimate of drug-likeness (QED) is 0.471. The maximum Gasteiger partial charge on any atom is 0.266 e. The summed E-state index contributed by atoms with van der Waals surface area (Å²) in [6, 6.07) is 23.4. The van der Waals surface area contributed by atoms with E-state index in [1.54, 1.807) is 18.1 Å². The first kappa shape index (κ1) is 21.2. The summed E-state index contributed by atoms with van der Waals surface area (Å²) in [5, 5.41) is 0.660. The predicted molar refractivity (Wildman–Crippen MR) is 130 cm³/mol. The van der Waals surface area contributed by atoms with Crippen molar-refractivity contribution in [2.24, 2.45) is 4.99 Å². The topological polar surface area (TPSA) is 60.4 Å². The lowest BCUT2D eigenvalue weighted by Gasteiger charge is -2.15. The van der Waals surface area contributed by atoms with Crippen LogP contribution in [0.25, 0.3) is 6.08 Å². The highest BCUT2D eigenvalue weighted by molar-refractivity contribution is 8.18. The number of carbonyl (C=O) groups is 1. The van der Waals surface area contributed by atoms with Crippen LogP contribution in [0.4, 0.5) is 5.69 Å². The molecule has 0 spiro atoms. The zero-order valence-electron chi connectivity index (χ0n) is 18.1. The first-order chi connectivity index (χ1) is 16.2. The van der Waals surface area contributed by atoms with Crippen molar-refractivity contribution in [1.82, 2.24) is 4.90 Å². The highest BCUT2D eigenvalue weighted by Gasteiger charge is 2.33. The summed E-state index contributed by atoms with van der Waals surface area (Å²) < 4.78 is 16.5. The van der Waals surface area contributed by atoms with E-state index in [0.29, 0.717) is 33.9 Å². The van der Waals surface area contributed by atoms with Crippen LogP contribution in [-0.2, 0) is 11.2 Å². The lowest BCUT2D eigenvalue weighted by atomic mass is 10.1. The summed E-state index contributed by atoms with van der Waals surface area (Å²) in [7, 11) is 1.59. The number of amides is 1. The van der Waals surface area contributed by atoms with Gasteiger partial charge in [0.2, 0.25) is 6.79 Å². The molecule has 0 N–H and O–H groups in total. The lowest BCUT2D eigenvalue weighted by molar-refractivity contribution is -0.122. The molecule has 7 heteroatoms. The number of hydrogen-bond acceptors (Lipinski definition) is 6. The van der Waals surface area contributed by atoms with Gasteiger partial charge in [0.25, 0.3) is 5.91 Å². The van der Waals surface area contributed by atoms with Gasteiger partial charge in [-0.2, -0.15) is 0 Å². The Hall–Kier alpha value is -3.71. The van der Waals surface area contributed by atoms with E-state index in [0.717, 1.165) is 17.7 Å². The second-order valence-electron chi connectivity index (χ2n) is 7.48. The fourth-order valence-electron chi connectivity index (χ4n) is 3.66. The number of thioether (sulfide) groups is 1. The Balaban J connectivity index is 1.48. The van der Waals surface area contributed by atoms with E-state index in [4.69, 9.17) is 19.2 Å². The number of amidine groups is 1. The monoisotopic (exact) mass is 458 g/mol. The van der Waals surface area contributed by atoms with Crippen molar-refractivity contribution in [3.05, 3.63) is 88.8 Å². The summed E-state index contributed by atoms with van der Waals surface area (Å²) in [6.45, 7) is 0.713. The fraction of sp³-hybridized carbons (Fsp3) is 0.154. The van der Waals surface area contributed by atoms with Crippen molar-refractivity contribution in [3.8, 4) is 17.2 Å². The maximum atomic E-state index is 13.4. The Bertz CT molecular complexity index is 1230. The minimum Gasteiger partial charge on any atom is -0.496 e. The van der Waals surface area contributed by atoms with Crippen LogP contribution >= 0.6 is 11.8 Å². The summed E-state index contributed by atoms with van der Waals surface area (Å²) in [6.07, 6.45) is 2.57. The Morgan fingerprint density at radius 3 is 2.45 bits per heavy atom. The van der Waals surface area contributed by atoms with E-state index >= 15 is 0 Å². The van der Waals surface area contributed by atoms with Gasteiger partial charge in [-0.3, -0.25) is 9.69 Å². The lowest BCUT2D eigenvalue weighted by Crippen LogP contribution is -2.31. The number of carbonyl (C=O) groups excluding carboxylic acids is 1. The Morgan fingerprint density at radius 1 is 1.03 bits per heavy atom. The van der Waals surface area contributed by atoms with Crippen LogP contribution in [0, 0.1) is 0 Å². The molecule has 0 atom stereocenters. The highest BCUT2D eigenvalue weighted by atomic mass is 32.2. The molecule has 5 rings (SSSR count). The average Bonchev–Trinajstić information content (AvgIpc) is 3.42. The van der Waals surface area contributed by atoms with Crippen molar-refractivity contribution in [3.63, 3.8) is 0 Å². The fourth-order valence-corrected chi connectivity index (χ4v) is 4.67. The standard InChI is InChI=1S/C26H22N2O4S/c1-30-21-16-23-22(31-17-32-23)14-19(21)15-24-25(29)28(13-12-18-8-4-2-5-9-18)26(33-24)27-20-10-6-3-7-11-20/h2-11,14-16H,12-13,17H2,1H3/b24-15+,27-26?. The van der Waals surface area contributed by atoms with E-state index in [2.05, 4.69) is 12.1 Å². The number of ether oxygens (including phenoxy) is 3. The SMILES string of the molecule is COc1cc2c(cc1/C=C1/SC(=Nc3ccccc3)N(CCc3ccccc3)C1=O)OCO2. The molecule has 0 aliphatic carbocycles. The first-order valence-corrected chi connectivity index (χ1v) is 11.4. The van der Waals surface area contributed by atoms with Gasteiger partial charge in [-0.25, -0.2) is 4.99 Å². The molecular weight excluding hydrogens is 436 g/mol. The van der Waals surface area contributed by atoms with E-state index in [9.17, 15) is 4.79 Å². The Labute approximate surface area is 196 Å². The largest absolute Gasteiger partial charge is 0.496 e. The van der Waals surface area contributed by atoms with E-state index in [1.165, 1.54) is 17.3 Å². The molecular formula is C26H22N2O4S. The van der Waals surface area contributed by atoms with Crippen molar-refractivity contribution >= 4 is 34.6 Å². The number of fused-ring (bicyclic) bond motifs is 1. The van der Waals surface area contributed by atoms with Crippen molar-refractivity contribution in [1.29, 1.82) is 0 Å². The van der Waals surface area contributed by atoms with Gasteiger partial charge < -0.3 is 14.2 Å². The van der Waals surface area contributed by atoms with E-state index < -0.39 is 0 Å². The second-order valence-corrected chi connectivity index (χ2v) is 8.49. The molecule has 3 aromatic rings. The minimum absolute atomic E-state index is 0.0784. The molecule has 2 aliphatic rings. The molecule has 2 heterocycles. The summed E-state index contributed by atoms with van der Waals surface area (Å²) >= 11 is 1.36. The van der Waals surface area contributed by atoms with Gasteiger partial charge in [-0.15, -0.1) is 0 Å². The molecule has 2 aliphatic heterocycles. The van der Waals surface area contributed by atoms with Gasteiger partial charge >= 0.3 is 0 Å². The number of para-hydroxylation sites is 1. The van der Waals surface area contributed by atoms with E-state index in [-0.39, 0.29) is 12.7 Å². The molecule has 3 aromatic carbocycles. The molecule has 0 bridgehead atoms. The number of hydrogen-bond donors (Lipinski definition) is 0. The highest BCUT2D eigenvalue weighted by Crippen LogP contribution is 2.41. The third-order valence-electron chi connectivity index (χ3n) is 5.35. The Morgan fingerprint density at radius 2 is 1.73 bits per heavy atom. The van der Waals surface area contributed by atoms with Gasteiger partial charge in [-0.1, -0.05) is 48.5 Å². The average molecular weight is 459 g/mol. The molecule has 0 aromatic heterocycles. The van der Waals surface area contributed by atoms with Crippen LogP contribution in [0.15, 0.2) is 82.7 Å².